The second-order valence-electron chi connectivity index (χ2n) is 8.57. The topological polar surface area (TPSA) is 87.6 Å². The number of rotatable bonds is 6. The molecule has 7 heteroatoms. The molecule has 158 valence electrons. The Balaban J connectivity index is 1.17. The normalized spacial score (nSPS) is 28.6. The van der Waals surface area contributed by atoms with Gasteiger partial charge in [-0.05, 0) is 30.2 Å². The molecule has 2 saturated heterocycles. The Morgan fingerprint density at radius 1 is 1.26 bits per heavy atom. The minimum absolute atomic E-state index is 0.00448. The van der Waals surface area contributed by atoms with Crippen molar-refractivity contribution in [1.82, 2.24) is 15.2 Å². The van der Waals surface area contributed by atoms with Crippen LogP contribution in [0.25, 0.3) is 10.9 Å². The van der Waals surface area contributed by atoms with Crippen molar-refractivity contribution >= 4 is 22.7 Å². The molecule has 2 amide bonds. The summed E-state index contributed by atoms with van der Waals surface area (Å²) in [6, 6.07) is 11.8. The molecule has 3 aromatic rings. The molecule has 0 saturated carbocycles. The number of amides is 2. The molecular weight excluding hydrogens is 394 g/mol. The van der Waals surface area contributed by atoms with Gasteiger partial charge >= 0.3 is 0 Å². The van der Waals surface area contributed by atoms with E-state index in [1.807, 2.05) is 47.5 Å². The Hall–Kier alpha value is -3.32. The summed E-state index contributed by atoms with van der Waals surface area (Å²) in [5.74, 6) is -0.456. The van der Waals surface area contributed by atoms with Crippen LogP contribution in [-0.2, 0) is 27.3 Å². The molecule has 2 N–H and O–H groups in total. The molecule has 31 heavy (non-hydrogen) atoms. The minimum Gasteiger partial charge on any atom is -0.467 e. The van der Waals surface area contributed by atoms with Gasteiger partial charge in [0.2, 0.25) is 11.8 Å². The monoisotopic (exact) mass is 417 g/mol. The number of carbonyl (C=O) groups excluding carboxylic acids is 2. The van der Waals surface area contributed by atoms with Crippen molar-refractivity contribution < 1.29 is 18.7 Å². The Morgan fingerprint density at radius 3 is 3.03 bits per heavy atom. The maximum absolute atomic E-state index is 13.3. The van der Waals surface area contributed by atoms with Crippen LogP contribution in [0, 0.1) is 11.8 Å². The lowest BCUT2D eigenvalue weighted by molar-refractivity contribution is -0.137. The van der Waals surface area contributed by atoms with Gasteiger partial charge in [0, 0.05) is 23.6 Å². The number of hydrogen-bond acceptors (Lipinski definition) is 4. The first-order chi connectivity index (χ1) is 15.1. The smallest absolute Gasteiger partial charge is 0.230 e. The number of benzene rings is 1. The number of nitrogens with one attached hydrogen (secondary N) is 2. The maximum atomic E-state index is 13.3. The molecule has 3 aliphatic rings. The molecule has 2 aromatic heterocycles. The van der Waals surface area contributed by atoms with E-state index >= 15 is 0 Å². The zero-order valence-electron chi connectivity index (χ0n) is 16.9. The van der Waals surface area contributed by atoms with Crippen LogP contribution < -0.4 is 5.32 Å². The molecule has 2 fully saturated rings. The molecule has 4 atom stereocenters. The lowest BCUT2D eigenvalue weighted by Gasteiger charge is -2.23. The number of hydrogen-bond donors (Lipinski definition) is 2. The highest BCUT2D eigenvalue weighted by atomic mass is 16.5. The Morgan fingerprint density at radius 2 is 2.16 bits per heavy atom. The fraction of sp³-hybridized carbons (Fsp3) is 0.333. The molecular formula is C24H23N3O4. The van der Waals surface area contributed by atoms with Gasteiger partial charge < -0.3 is 24.4 Å². The number of nitrogens with zero attached hydrogens (tertiary/aromatic N) is 1. The van der Waals surface area contributed by atoms with E-state index in [0.29, 0.717) is 25.4 Å². The van der Waals surface area contributed by atoms with Crippen LogP contribution in [0.4, 0.5) is 0 Å². The number of aromatic nitrogens is 1. The van der Waals surface area contributed by atoms with E-state index in [1.54, 1.807) is 12.3 Å². The number of likely N-dealkylation sites (tertiary alicyclic amines) is 1. The van der Waals surface area contributed by atoms with Gasteiger partial charge in [0.15, 0.2) is 0 Å². The van der Waals surface area contributed by atoms with Crippen molar-refractivity contribution in [2.45, 2.75) is 24.7 Å². The quantitative estimate of drug-likeness (QED) is 0.603. The summed E-state index contributed by atoms with van der Waals surface area (Å²) in [6.07, 6.45) is 7.91. The number of H-pyrrole nitrogens is 1. The van der Waals surface area contributed by atoms with Gasteiger partial charge in [0.25, 0.3) is 0 Å². The molecule has 5 heterocycles. The zero-order chi connectivity index (χ0) is 21.0. The van der Waals surface area contributed by atoms with Gasteiger partial charge in [-0.2, -0.15) is 0 Å². The maximum Gasteiger partial charge on any atom is 0.230 e. The van der Waals surface area contributed by atoms with Crippen molar-refractivity contribution in [2.24, 2.45) is 11.8 Å². The molecule has 7 nitrogen and oxygen atoms in total. The molecule has 2 bridgehead atoms. The van der Waals surface area contributed by atoms with Crippen LogP contribution in [0.15, 0.2) is 65.4 Å². The lowest BCUT2D eigenvalue weighted by Crippen LogP contribution is -2.44. The van der Waals surface area contributed by atoms with Crippen LogP contribution in [0.3, 0.4) is 0 Å². The van der Waals surface area contributed by atoms with Crippen LogP contribution >= 0.6 is 0 Å². The summed E-state index contributed by atoms with van der Waals surface area (Å²) in [6.45, 7) is 1.40. The molecule has 1 aromatic carbocycles. The second kappa shape index (κ2) is 6.85. The van der Waals surface area contributed by atoms with Crippen molar-refractivity contribution in [3.8, 4) is 0 Å². The third-order valence-electron chi connectivity index (χ3n) is 6.82. The van der Waals surface area contributed by atoms with E-state index in [0.717, 1.165) is 11.9 Å². The number of ether oxygens (including phenoxy) is 1. The average molecular weight is 417 g/mol. The molecule has 0 aliphatic carbocycles. The Labute approximate surface area is 179 Å². The molecule has 3 aliphatic heterocycles. The predicted octanol–water partition coefficient (Wildman–Crippen LogP) is 2.40. The molecule has 1 spiro atoms. The van der Waals surface area contributed by atoms with Crippen LogP contribution in [0.5, 0.6) is 0 Å². The standard InChI is InChI=1S/C24H23N3O4/c28-22(26-13-16-4-3-11-30-16)20-19-7-9-24(31-19)14-27(23(29)21(20)24)10-8-15-12-25-18-6-2-1-5-17(15)18/h1-7,9,11-12,19-21,25H,8,10,13-14H2,(H,26,28)/t19-,20-,21+,24+/m0/s1. The molecule has 6 rings (SSSR count). The number of carbonyl (C=O) groups is 2. The van der Waals surface area contributed by atoms with E-state index in [4.69, 9.17) is 9.15 Å². The first-order valence-corrected chi connectivity index (χ1v) is 10.7. The predicted molar refractivity (Wildman–Crippen MR) is 113 cm³/mol. The number of fused-ring (bicyclic) bond motifs is 2. The summed E-state index contributed by atoms with van der Waals surface area (Å²) >= 11 is 0. The number of aromatic amines is 1. The SMILES string of the molecule is O=C(NCc1ccco1)[C@H]1[C@@H]2C=C[C@]3(CN(CCc4c[nH]c5ccccc45)C(=O)[C@@H]13)O2. The van der Waals surface area contributed by atoms with Gasteiger partial charge in [-0.15, -0.1) is 0 Å². The highest BCUT2D eigenvalue weighted by molar-refractivity contribution is 5.93. The lowest BCUT2D eigenvalue weighted by atomic mass is 9.77. The largest absolute Gasteiger partial charge is 0.467 e. The Kier molecular flexibility index (Phi) is 4.08. The van der Waals surface area contributed by atoms with Crippen molar-refractivity contribution in [1.29, 1.82) is 0 Å². The number of para-hydroxylation sites is 1. The van der Waals surface area contributed by atoms with Gasteiger partial charge in [-0.3, -0.25) is 9.59 Å². The fourth-order valence-electron chi connectivity index (χ4n) is 5.37. The third-order valence-corrected chi connectivity index (χ3v) is 6.82. The second-order valence-corrected chi connectivity index (χ2v) is 8.57. The Bertz CT molecular complexity index is 1180. The van der Waals surface area contributed by atoms with Crippen LogP contribution in [0.1, 0.15) is 11.3 Å². The molecule has 0 radical (unpaired) electrons. The van der Waals surface area contributed by atoms with E-state index in [1.165, 1.54) is 10.9 Å². The van der Waals surface area contributed by atoms with E-state index in [2.05, 4.69) is 16.4 Å². The van der Waals surface area contributed by atoms with Crippen molar-refractivity contribution in [3.05, 3.63) is 72.3 Å². The average Bonchev–Trinajstić information content (AvgIpc) is 3.58. The van der Waals surface area contributed by atoms with E-state index in [9.17, 15) is 9.59 Å². The van der Waals surface area contributed by atoms with E-state index in [-0.39, 0.29) is 17.9 Å². The van der Waals surface area contributed by atoms with E-state index < -0.39 is 17.4 Å². The summed E-state index contributed by atoms with van der Waals surface area (Å²) < 4.78 is 11.5. The van der Waals surface area contributed by atoms with Crippen molar-refractivity contribution in [2.75, 3.05) is 13.1 Å². The minimum atomic E-state index is -0.686. The fourth-order valence-corrected chi connectivity index (χ4v) is 5.37. The highest BCUT2D eigenvalue weighted by Gasteiger charge is 2.66. The van der Waals surface area contributed by atoms with Crippen LogP contribution in [-0.4, -0.2) is 46.5 Å². The van der Waals surface area contributed by atoms with Crippen LogP contribution in [0.2, 0.25) is 0 Å². The summed E-state index contributed by atoms with van der Waals surface area (Å²) in [7, 11) is 0. The van der Waals surface area contributed by atoms with Gasteiger partial charge in [-0.25, -0.2) is 0 Å². The summed E-state index contributed by atoms with van der Waals surface area (Å²) in [4.78, 5) is 31.5. The number of furan rings is 1. The summed E-state index contributed by atoms with van der Waals surface area (Å²) in [5.41, 5.74) is 1.60. The van der Waals surface area contributed by atoms with Crippen molar-refractivity contribution in [3.63, 3.8) is 0 Å². The zero-order valence-corrected chi connectivity index (χ0v) is 16.9. The van der Waals surface area contributed by atoms with Gasteiger partial charge in [0.1, 0.15) is 11.4 Å². The first kappa shape index (κ1) is 18.4. The highest BCUT2D eigenvalue weighted by Crippen LogP contribution is 2.51. The summed E-state index contributed by atoms with van der Waals surface area (Å²) in [5, 5.41) is 4.09. The van der Waals surface area contributed by atoms with Gasteiger partial charge in [0.05, 0.1) is 37.3 Å². The third kappa shape index (κ3) is 2.84. The first-order valence-electron chi connectivity index (χ1n) is 10.7. The molecule has 0 unspecified atom stereocenters. The van der Waals surface area contributed by atoms with Gasteiger partial charge in [-0.1, -0.05) is 30.4 Å².